The molecule has 0 saturated carbocycles. The number of ether oxygens (including phenoxy) is 1. The van der Waals surface area contributed by atoms with Crippen LogP contribution in [0.4, 0.5) is 5.82 Å². The molecule has 1 heterocycles. The highest BCUT2D eigenvalue weighted by molar-refractivity contribution is 5.33. The van der Waals surface area contributed by atoms with Gasteiger partial charge in [0, 0.05) is 18.2 Å². The number of anilines is 1. The molecule has 0 saturated heterocycles. The summed E-state index contributed by atoms with van der Waals surface area (Å²) < 4.78 is 5.12. The Hall–Kier alpha value is -2.10. The van der Waals surface area contributed by atoms with Crippen LogP contribution in [0.15, 0.2) is 30.3 Å². The second kappa shape index (κ2) is 5.49. The van der Waals surface area contributed by atoms with Crippen LogP contribution in [0.5, 0.6) is 5.75 Å². The van der Waals surface area contributed by atoms with Crippen LogP contribution in [0.3, 0.4) is 0 Å². The monoisotopic (exact) mass is 243 g/mol. The zero-order chi connectivity index (χ0) is 13.0. The molecule has 18 heavy (non-hydrogen) atoms. The number of hydrogen-bond acceptors (Lipinski definition) is 4. The van der Waals surface area contributed by atoms with E-state index in [1.54, 1.807) is 7.11 Å². The molecule has 0 spiro atoms. The van der Waals surface area contributed by atoms with E-state index in [4.69, 9.17) is 10.5 Å². The first-order valence-corrected chi connectivity index (χ1v) is 5.96. The van der Waals surface area contributed by atoms with Gasteiger partial charge in [0.05, 0.1) is 7.11 Å². The molecule has 1 aromatic carbocycles. The predicted octanol–water partition coefficient (Wildman–Crippen LogP) is 2.22. The number of nitrogen functional groups attached to an aromatic ring is 1. The third-order valence-electron chi connectivity index (χ3n) is 2.73. The molecule has 0 bridgehead atoms. The van der Waals surface area contributed by atoms with Gasteiger partial charge in [-0.2, -0.15) is 0 Å². The van der Waals surface area contributed by atoms with Crippen LogP contribution in [-0.4, -0.2) is 17.1 Å². The fraction of sp³-hybridized carbons (Fsp3) is 0.286. The Morgan fingerprint density at radius 2 is 1.89 bits per heavy atom. The van der Waals surface area contributed by atoms with Crippen molar-refractivity contribution in [3.8, 4) is 5.75 Å². The van der Waals surface area contributed by atoms with Crippen LogP contribution in [0.2, 0.25) is 0 Å². The fourth-order valence-electron chi connectivity index (χ4n) is 1.76. The van der Waals surface area contributed by atoms with Crippen molar-refractivity contribution in [3.05, 3.63) is 47.4 Å². The number of aromatic nitrogens is 2. The summed E-state index contributed by atoms with van der Waals surface area (Å²) in [6.45, 7) is 2.05. The van der Waals surface area contributed by atoms with Crippen molar-refractivity contribution in [2.45, 2.75) is 19.8 Å². The van der Waals surface area contributed by atoms with Gasteiger partial charge in [-0.3, -0.25) is 0 Å². The van der Waals surface area contributed by atoms with E-state index >= 15 is 0 Å². The van der Waals surface area contributed by atoms with Gasteiger partial charge in [-0.1, -0.05) is 19.1 Å². The Labute approximate surface area is 107 Å². The molecule has 0 radical (unpaired) electrons. The largest absolute Gasteiger partial charge is 0.497 e. The zero-order valence-corrected chi connectivity index (χ0v) is 10.7. The van der Waals surface area contributed by atoms with E-state index in [-0.39, 0.29) is 0 Å². The molecule has 2 rings (SSSR count). The summed E-state index contributed by atoms with van der Waals surface area (Å²) in [6.07, 6.45) is 1.55. The Balaban J connectivity index is 2.19. The first-order chi connectivity index (χ1) is 8.71. The van der Waals surface area contributed by atoms with E-state index in [1.165, 1.54) is 0 Å². The van der Waals surface area contributed by atoms with E-state index in [0.717, 1.165) is 29.3 Å². The minimum absolute atomic E-state index is 0.533. The third kappa shape index (κ3) is 2.97. The summed E-state index contributed by atoms with van der Waals surface area (Å²) >= 11 is 0. The smallest absolute Gasteiger partial charge is 0.135 e. The molecule has 4 nitrogen and oxygen atoms in total. The van der Waals surface area contributed by atoms with Gasteiger partial charge in [-0.05, 0) is 24.1 Å². The van der Waals surface area contributed by atoms with Crippen LogP contribution < -0.4 is 10.5 Å². The molecular formula is C14H17N3O. The van der Waals surface area contributed by atoms with Gasteiger partial charge >= 0.3 is 0 Å². The zero-order valence-electron chi connectivity index (χ0n) is 10.7. The molecule has 0 unspecified atom stereocenters. The highest BCUT2D eigenvalue weighted by Crippen LogP contribution is 2.14. The van der Waals surface area contributed by atoms with Crippen molar-refractivity contribution in [2.75, 3.05) is 12.8 Å². The maximum Gasteiger partial charge on any atom is 0.135 e. The van der Waals surface area contributed by atoms with Crippen LogP contribution >= 0.6 is 0 Å². The van der Waals surface area contributed by atoms with Gasteiger partial charge in [0.1, 0.15) is 17.4 Å². The van der Waals surface area contributed by atoms with E-state index in [2.05, 4.69) is 16.9 Å². The molecule has 4 heteroatoms. The summed E-state index contributed by atoms with van der Waals surface area (Å²) in [4.78, 5) is 8.72. The summed E-state index contributed by atoms with van der Waals surface area (Å²) in [5.74, 6) is 2.14. The number of benzene rings is 1. The number of methoxy groups -OCH3 is 1. The average Bonchev–Trinajstić information content (AvgIpc) is 2.39. The van der Waals surface area contributed by atoms with Crippen molar-refractivity contribution in [1.29, 1.82) is 0 Å². The topological polar surface area (TPSA) is 61.0 Å². The van der Waals surface area contributed by atoms with Crippen molar-refractivity contribution < 1.29 is 4.74 Å². The second-order valence-electron chi connectivity index (χ2n) is 4.08. The lowest BCUT2D eigenvalue weighted by molar-refractivity contribution is 0.414. The van der Waals surface area contributed by atoms with E-state index in [1.807, 2.05) is 30.3 Å². The highest BCUT2D eigenvalue weighted by Gasteiger charge is 2.03. The van der Waals surface area contributed by atoms with Crippen molar-refractivity contribution in [2.24, 2.45) is 0 Å². The summed E-state index contributed by atoms with van der Waals surface area (Å²) in [5, 5.41) is 0. The predicted molar refractivity (Wildman–Crippen MR) is 71.6 cm³/mol. The second-order valence-corrected chi connectivity index (χ2v) is 4.08. The molecule has 0 fully saturated rings. The number of nitrogens with two attached hydrogens (primary N) is 1. The van der Waals surface area contributed by atoms with Crippen LogP contribution in [0.25, 0.3) is 0 Å². The van der Waals surface area contributed by atoms with Gasteiger partial charge in [0.2, 0.25) is 0 Å². The first kappa shape index (κ1) is 12.4. The van der Waals surface area contributed by atoms with E-state index < -0.39 is 0 Å². The van der Waals surface area contributed by atoms with E-state index in [0.29, 0.717) is 12.2 Å². The third-order valence-corrected chi connectivity index (χ3v) is 2.73. The van der Waals surface area contributed by atoms with Crippen molar-refractivity contribution in [1.82, 2.24) is 9.97 Å². The number of rotatable bonds is 4. The Bertz CT molecular complexity index is 523. The molecule has 94 valence electrons. The quantitative estimate of drug-likeness (QED) is 0.894. The molecular weight excluding hydrogens is 226 g/mol. The van der Waals surface area contributed by atoms with Crippen LogP contribution in [-0.2, 0) is 12.8 Å². The molecule has 0 aliphatic carbocycles. The molecule has 0 amide bonds. The summed E-state index contributed by atoms with van der Waals surface area (Å²) in [7, 11) is 1.66. The maximum atomic E-state index is 5.76. The molecule has 2 aromatic rings. The Kier molecular flexibility index (Phi) is 3.77. The number of nitrogens with zero attached hydrogens (tertiary/aromatic N) is 2. The fourth-order valence-corrected chi connectivity index (χ4v) is 1.76. The molecule has 0 aliphatic rings. The lowest BCUT2D eigenvalue weighted by Gasteiger charge is -2.05. The van der Waals surface area contributed by atoms with Gasteiger partial charge < -0.3 is 10.5 Å². The highest BCUT2D eigenvalue weighted by atomic mass is 16.5. The maximum absolute atomic E-state index is 5.76. The van der Waals surface area contributed by atoms with E-state index in [9.17, 15) is 0 Å². The first-order valence-electron chi connectivity index (χ1n) is 5.96. The Morgan fingerprint density at radius 1 is 1.17 bits per heavy atom. The van der Waals surface area contributed by atoms with Gasteiger partial charge in [0.25, 0.3) is 0 Å². The minimum Gasteiger partial charge on any atom is -0.497 e. The van der Waals surface area contributed by atoms with Gasteiger partial charge in [-0.25, -0.2) is 9.97 Å². The normalized spacial score (nSPS) is 10.3. The van der Waals surface area contributed by atoms with Crippen LogP contribution in [0, 0.1) is 0 Å². The average molecular weight is 243 g/mol. The summed E-state index contributed by atoms with van der Waals surface area (Å²) in [6, 6.07) is 9.70. The van der Waals surface area contributed by atoms with Crippen LogP contribution in [0.1, 0.15) is 24.0 Å². The number of hydrogen-bond donors (Lipinski definition) is 1. The molecule has 1 aromatic heterocycles. The van der Waals surface area contributed by atoms with Crippen molar-refractivity contribution >= 4 is 5.82 Å². The lowest BCUT2D eigenvalue weighted by Crippen LogP contribution is -2.03. The lowest BCUT2D eigenvalue weighted by atomic mass is 10.1. The molecule has 0 atom stereocenters. The Morgan fingerprint density at radius 3 is 2.50 bits per heavy atom. The minimum atomic E-state index is 0.533. The van der Waals surface area contributed by atoms with Gasteiger partial charge in [-0.15, -0.1) is 0 Å². The molecule has 0 aliphatic heterocycles. The SMILES string of the molecule is CCc1cc(N)nc(Cc2ccc(OC)cc2)n1. The summed E-state index contributed by atoms with van der Waals surface area (Å²) in [5.41, 5.74) is 7.88. The molecule has 2 N–H and O–H groups in total. The van der Waals surface area contributed by atoms with Gasteiger partial charge in [0.15, 0.2) is 0 Å². The van der Waals surface area contributed by atoms with Crippen molar-refractivity contribution in [3.63, 3.8) is 0 Å². The number of aryl methyl sites for hydroxylation is 1. The standard InChI is InChI=1S/C14H17N3O/c1-3-11-9-13(15)17-14(16-11)8-10-4-6-12(18-2)7-5-10/h4-7,9H,3,8H2,1-2H3,(H2,15,16,17).